The third-order valence-electron chi connectivity index (χ3n) is 3.88. The highest BCUT2D eigenvalue weighted by atomic mass is 32.1. The van der Waals surface area contributed by atoms with E-state index in [-0.39, 0.29) is 11.9 Å². The number of hydrogen-bond donors (Lipinski definition) is 1. The first kappa shape index (κ1) is 20.2. The lowest BCUT2D eigenvalue weighted by Gasteiger charge is -2.23. The Kier molecular flexibility index (Phi) is 6.58. The molecule has 1 atom stereocenters. The number of aromatic nitrogens is 1. The van der Waals surface area contributed by atoms with Gasteiger partial charge in [0.25, 0.3) is 0 Å². The predicted octanol–water partition coefficient (Wildman–Crippen LogP) is 4.12. The predicted molar refractivity (Wildman–Crippen MR) is 104 cm³/mol. The minimum Gasteiger partial charge on any atom is -0.444 e. The zero-order valence-electron chi connectivity index (χ0n) is 16.0. The third-order valence-corrected chi connectivity index (χ3v) is 5.08. The largest absolute Gasteiger partial charge is 0.444 e. The molecule has 2 rings (SSSR count). The van der Waals surface area contributed by atoms with E-state index < -0.39 is 11.7 Å². The number of amides is 2. The van der Waals surface area contributed by atoms with Crippen LogP contribution in [0.2, 0.25) is 0 Å². The number of hydrogen-bond acceptors (Lipinski definition) is 5. The smallest absolute Gasteiger partial charge is 0.407 e. The average molecular weight is 378 g/mol. The molecule has 0 bridgehead atoms. The summed E-state index contributed by atoms with van der Waals surface area (Å²) in [6.45, 7) is 7.83. The Labute approximate surface area is 158 Å². The molecule has 142 valence electrons. The molecule has 0 unspecified atom stereocenters. The Balaban J connectivity index is 1.80. The second kappa shape index (κ2) is 8.49. The number of rotatable bonds is 6. The second-order valence-corrected chi connectivity index (χ2v) is 8.29. The van der Waals surface area contributed by atoms with Crippen LogP contribution in [-0.2, 0) is 9.53 Å². The Morgan fingerprint density at radius 2 is 2.00 bits per heavy atom. The van der Waals surface area contributed by atoms with Gasteiger partial charge in [-0.3, -0.25) is 4.79 Å². The summed E-state index contributed by atoms with van der Waals surface area (Å²) in [4.78, 5) is 30.3. The van der Waals surface area contributed by atoms with Gasteiger partial charge < -0.3 is 15.0 Å². The van der Waals surface area contributed by atoms with Crippen LogP contribution < -0.4 is 5.32 Å². The highest BCUT2D eigenvalue weighted by Gasteiger charge is 2.20. The minimum atomic E-state index is -0.521. The van der Waals surface area contributed by atoms with E-state index in [1.54, 1.807) is 23.3 Å². The Bertz CT molecular complexity index is 734. The summed E-state index contributed by atoms with van der Waals surface area (Å²) in [5.74, 6) is 0.0303. The van der Waals surface area contributed by atoms with Gasteiger partial charge in [0, 0.05) is 20.0 Å². The second-order valence-electron chi connectivity index (χ2n) is 7.23. The first-order chi connectivity index (χ1) is 12.2. The Morgan fingerprint density at radius 3 is 2.65 bits per heavy atom. The molecule has 6 nitrogen and oxygen atoms in total. The monoisotopic (exact) mass is 377 g/mol. The van der Waals surface area contributed by atoms with E-state index in [1.807, 2.05) is 52.0 Å². The molecule has 0 radical (unpaired) electrons. The molecule has 0 fully saturated rings. The van der Waals surface area contributed by atoms with Crippen molar-refractivity contribution < 1.29 is 14.3 Å². The van der Waals surface area contributed by atoms with Crippen LogP contribution in [-0.4, -0.2) is 41.1 Å². The van der Waals surface area contributed by atoms with Crippen molar-refractivity contribution >= 4 is 33.6 Å². The molecule has 2 amide bonds. The fraction of sp³-hybridized carbons (Fsp3) is 0.526. The fourth-order valence-corrected chi connectivity index (χ4v) is 3.43. The van der Waals surface area contributed by atoms with Gasteiger partial charge in [0.2, 0.25) is 5.91 Å². The number of para-hydroxylation sites is 1. The minimum absolute atomic E-state index is 0.0303. The van der Waals surface area contributed by atoms with Crippen LogP contribution in [0.5, 0.6) is 0 Å². The lowest BCUT2D eigenvalue weighted by molar-refractivity contribution is -0.131. The van der Waals surface area contributed by atoms with E-state index in [0.717, 1.165) is 15.2 Å². The molecule has 1 aromatic heterocycles. The van der Waals surface area contributed by atoms with Crippen LogP contribution in [0.25, 0.3) is 10.2 Å². The van der Waals surface area contributed by atoms with Gasteiger partial charge in [-0.2, -0.15) is 0 Å². The summed E-state index contributed by atoms with van der Waals surface area (Å²) < 4.78 is 6.29. The molecular formula is C19H27N3O3S. The number of carbonyl (C=O) groups excluding carboxylic acids is 2. The van der Waals surface area contributed by atoms with E-state index in [2.05, 4.69) is 10.3 Å². The van der Waals surface area contributed by atoms with Gasteiger partial charge in [-0.05, 0) is 46.2 Å². The van der Waals surface area contributed by atoms with Crippen LogP contribution in [0.1, 0.15) is 51.6 Å². The number of nitrogens with zero attached hydrogens (tertiary/aromatic N) is 2. The Hall–Kier alpha value is -2.15. The third kappa shape index (κ3) is 5.69. The normalized spacial score (nSPS) is 12.7. The van der Waals surface area contributed by atoms with Crippen LogP contribution in [0.4, 0.5) is 4.79 Å². The molecule has 7 heteroatoms. The zero-order chi connectivity index (χ0) is 19.3. The zero-order valence-corrected chi connectivity index (χ0v) is 16.9. The number of carbonyl (C=O) groups is 2. The van der Waals surface area contributed by atoms with E-state index >= 15 is 0 Å². The van der Waals surface area contributed by atoms with Crippen molar-refractivity contribution in [3.63, 3.8) is 0 Å². The summed E-state index contributed by atoms with van der Waals surface area (Å²) in [7, 11) is 1.79. The molecule has 26 heavy (non-hydrogen) atoms. The van der Waals surface area contributed by atoms with Gasteiger partial charge in [-0.25, -0.2) is 9.78 Å². The number of nitrogens with one attached hydrogen (secondary N) is 1. The molecule has 1 aromatic carbocycles. The maximum atomic E-state index is 12.4. The molecule has 0 saturated heterocycles. The maximum absolute atomic E-state index is 12.4. The number of thiazole rings is 1. The summed E-state index contributed by atoms with van der Waals surface area (Å²) in [6, 6.07) is 7.88. The van der Waals surface area contributed by atoms with Crippen molar-refractivity contribution in [1.82, 2.24) is 15.2 Å². The Morgan fingerprint density at radius 1 is 1.31 bits per heavy atom. The first-order valence-corrected chi connectivity index (χ1v) is 9.57. The van der Waals surface area contributed by atoms with Crippen molar-refractivity contribution in [2.24, 2.45) is 0 Å². The summed E-state index contributed by atoms with van der Waals surface area (Å²) in [6.07, 6.45) is 0.470. The lowest BCUT2D eigenvalue weighted by atomic mass is 10.2. The molecular weight excluding hydrogens is 350 g/mol. The molecule has 1 heterocycles. The quantitative estimate of drug-likeness (QED) is 0.769. The maximum Gasteiger partial charge on any atom is 0.407 e. The van der Waals surface area contributed by atoms with Gasteiger partial charge in [-0.15, -0.1) is 11.3 Å². The molecule has 0 aliphatic carbocycles. The van der Waals surface area contributed by atoms with Gasteiger partial charge in [0.15, 0.2) is 0 Å². The molecule has 0 aliphatic heterocycles. The van der Waals surface area contributed by atoms with Gasteiger partial charge in [0.1, 0.15) is 10.6 Å². The van der Waals surface area contributed by atoms with Crippen LogP contribution in [0, 0.1) is 0 Å². The van der Waals surface area contributed by atoms with E-state index in [1.165, 1.54) is 0 Å². The van der Waals surface area contributed by atoms with Gasteiger partial charge in [0.05, 0.1) is 16.3 Å². The van der Waals surface area contributed by atoms with Crippen molar-refractivity contribution in [2.75, 3.05) is 13.6 Å². The molecule has 0 saturated carbocycles. The fourth-order valence-electron chi connectivity index (χ4n) is 2.37. The van der Waals surface area contributed by atoms with Crippen LogP contribution in [0.15, 0.2) is 24.3 Å². The molecule has 2 aromatic rings. The van der Waals surface area contributed by atoms with Crippen molar-refractivity contribution in [3.05, 3.63) is 29.3 Å². The van der Waals surface area contributed by atoms with E-state index in [4.69, 9.17) is 4.74 Å². The summed E-state index contributed by atoms with van der Waals surface area (Å²) >= 11 is 1.61. The molecule has 1 N–H and O–H groups in total. The SMILES string of the molecule is C[C@@H](c1nc2ccccc2s1)N(C)C(=O)CCCNC(=O)OC(C)(C)C. The van der Waals surface area contributed by atoms with Crippen LogP contribution >= 0.6 is 11.3 Å². The highest BCUT2D eigenvalue weighted by molar-refractivity contribution is 7.18. The van der Waals surface area contributed by atoms with Crippen LogP contribution in [0.3, 0.4) is 0 Å². The van der Waals surface area contributed by atoms with E-state index in [0.29, 0.717) is 19.4 Å². The standard InChI is InChI=1S/C19H27N3O3S/c1-13(17-21-14-9-6-7-10-15(14)26-17)22(5)16(23)11-8-12-20-18(24)25-19(2,3)4/h6-7,9-10,13H,8,11-12H2,1-5H3,(H,20,24)/t13-/m0/s1. The van der Waals surface area contributed by atoms with E-state index in [9.17, 15) is 9.59 Å². The summed E-state index contributed by atoms with van der Waals surface area (Å²) in [5, 5.41) is 3.59. The number of alkyl carbamates (subject to hydrolysis) is 1. The average Bonchev–Trinajstić information content (AvgIpc) is 2.99. The lowest BCUT2D eigenvalue weighted by Crippen LogP contribution is -2.34. The highest BCUT2D eigenvalue weighted by Crippen LogP contribution is 2.29. The summed E-state index contributed by atoms with van der Waals surface area (Å²) in [5.41, 5.74) is 0.439. The van der Waals surface area contributed by atoms with Gasteiger partial charge >= 0.3 is 6.09 Å². The number of fused-ring (bicyclic) bond motifs is 1. The molecule has 0 aliphatic rings. The topological polar surface area (TPSA) is 71.5 Å². The molecule has 0 spiro atoms. The number of benzene rings is 1. The van der Waals surface area contributed by atoms with Gasteiger partial charge in [-0.1, -0.05) is 12.1 Å². The van der Waals surface area contributed by atoms with Crippen molar-refractivity contribution in [3.8, 4) is 0 Å². The first-order valence-electron chi connectivity index (χ1n) is 8.75. The van der Waals surface area contributed by atoms with Crippen molar-refractivity contribution in [1.29, 1.82) is 0 Å². The number of ether oxygens (including phenoxy) is 1. The van der Waals surface area contributed by atoms with Crippen molar-refractivity contribution in [2.45, 2.75) is 52.2 Å².